The third kappa shape index (κ3) is 3.62. The van der Waals surface area contributed by atoms with Crippen LogP contribution in [0.4, 0.5) is 0 Å². The molecule has 0 radical (unpaired) electrons. The van der Waals surface area contributed by atoms with Crippen molar-refractivity contribution in [3.05, 3.63) is 101 Å². The average Bonchev–Trinajstić information content (AvgIpc) is 3.03. The van der Waals surface area contributed by atoms with E-state index >= 15 is 0 Å². The van der Waals surface area contributed by atoms with Gasteiger partial charge in [-0.2, -0.15) is 0 Å². The molecular weight excluding hydrogens is 443 g/mol. The number of hydrogen-bond acceptors (Lipinski definition) is 5. The molecule has 1 atom stereocenters. The molecule has 0 N–H and O–H groups in total. The normalized spacial score (nSPS) is 16.3. The summed E-state index contributed by atoms with van der Waals surface area (Å²) in [4.78, 5) is 31.0. The number of methoxy groups -OCH3 is 1. The summed E-state index contributed by atoms with van der Waals surface area (Å²) in [6, 6.07) is 13.6. The van der Waals surface area contributed by atoms with Gasteiger partial charge in [-0.1, -0.05) is 64.9 Å². The molecule has 0 saturated carbocycles. The fraction of sp³-hybridized carbons (Fsp3) is 0.136. The molecule has 152 valence electrons. The van der Waals surface area contributed by atoms with Crippen molar-refractivity contribution in [3.8, 4) is 0 Å². The van der Waals surface area contributed by atoms with Gasteiger partial charge < -0.3 is 4.74 Å². The predicted molar refractivity (Wildman–Crippen MR) is 119 cm³/mol. The van der Waals surface area contributed by atoms with Gasteiger partial charge in [0.15, 0.2) is 4.80 Å². The van der Waals surface area contributed by atoms with Gasteiger partial charge in [-0.15, -0.1) is 0 Å². The number of aromatic nitrogens is 1. The van der Waals surface area contributed by atoms with Crippen LogP contribution in [0.3, 0.4) is 0 Å². The van der Waals surface area contributed by atoms with E-state index in [1.807, 2.05) is 18.2 Å². The first-order valence-corrected chi connectivity index (χ1v) is 10.6. The zero-order chi connectivity index (χ0) is 21.4. The van der Waals surface area contributed by atoms with Crippen LogP contribution in [0.2, 0.25) is 10.0 Å². The van der Waals surface area contributed by atoms with E-state index in [-0.39, 0.29) is 11.1 Å². The number of ether oxygens (including phenoxy) is 1. The molecule has 1 aliphatic rings. The Hall–Kier alpha value is -2.67. The molecule has 4 rings (SSSR count). The predicted octanol–water partition coefficient (Wildman–Crippen LogP) is 3.72. The summed E-state index contributed by atoms with van der Waals surface area (Å²) < 4.78 is 6.99. The molecule has 0 spiro atoms. The minimum Gasteiger partial charge on any atom is -0.466 e. The van der Waals surface area contributed by atoms with E-state index in [0.29, 0.717) is 30.6 Å². The van der Waals surface area contributed by atoms with E-state index in [0.717, 1.165) is 5.56 Å². The van der Waals surface area contributed by atoms with Crippen molar-refractivity contribution >= 4 is 46.6 Å². The van der Waals surface area contributed by atoms with Crippen LogP contribution in [0.5, 0.6) is 0 Å². The third-order valence-corrected chi connectivity index (χ3v) is 6.37. The van der Waals surface area contributed by atoms with Gasteiger partial charge in [0.1, 0.15) is 6.04 Å². The van der Waals surface area contributed by atoms with Gasteiger partial charge in [-0.25, -0.2) is 9.79 Å². The summed E-state index contributed by atoms with van der Waals surface area (Å²) in [5.74, 6) is -0.548. The van der Waals surface area contributed by atoms with Crippen molar-refractivity contribution in [3.63, 3.8) is 0 Å². The second-order valence-corrected chi connectivity index (χ2v) is 8.50. The number of fused-ring (bicyclic) bond motifs is 1. The second-order valence-electron chi connectivity index (χ2n) is 6.65. The lowest BCUT2D eigenvalue weighted by atomic mass is 9.96. The minimum atomic E-state index is -0.727. The molecule has 0 fully saturated rings. The first-order chi connectivity index (χ1) is 14.4. The number of allylic oxidation sites excluding steroid dienone is 1. The highest BCUT2D eigenvalue weighted by Crippen LogP contribution is 2.34. The van der Waals surface area contributed by atoms with Crippen LogP contribution in [0.15, 0.2) is 69.6 Å². The maximum Gasteiger partial charge on any atom is 0.338 e. The number of nitrogens with zero attached hydrogens (tertiary/aromatic N) is 2. The Labute approximate surface area is 186 Å². The molecule has 1 unspecified atom stereocenters. The van der Waals surface area contributed by atoms with E-state index in [9.17, 15) is 9.59 Å². The first kappa shape index (κ1) is 20.6. The molecule has 30 heavy (non-hydrogen) atoms. The zero-order valence-electron chi connectivity index (χ0n) is 16.1. The molecule has 0 amide bonds. The Bertz CT molecular complexity index is 1350. The fourth-order valence-electron chi connectivity index (χ4n) is 3.39. The third-order valence-electron chi connectivity index (χ3n) is 4.79. The van der Waals surface area contributed by atoms with Crippen LogP contribution >= 0.6 is 34.5 Å². The molecule has 3 aromatic rings. The standard InChI is InChI=1S/C22H16Cl2N2O3S/c1-12-18(21(28)29-2)19(15-5-3-4-6-16(15)24)26-20(27)17(30-22(26)25-12)11-13-7-9-14(23)10-8-13/h3-11,19H,1-2H3. The highest BCUT2D eigenvalue weighted by molar-refractivity contribution is 7.07. The largest absolute Gasteiger partial charge is 0.466 e. The van der Waals surface area contributed by atoms with Crippen LogP contribution in [0.25, 0.3) is 6.08 Å². The second kappa shape index (κ2) is 8.22. The summed E-state index contributed by atoms with van der Waals surface area (Å²) >= 11 is 13.7. The first-order valence-electron chi connectivity index (χ1n) is 9.01. The van der Waals surface area contributed by atoms with Crippen molar-refractivity contribution < 1.29 is 9.53 Å². The van der Waals surface area contributed by atoms with Gasteiger partial charge >= 0.3 is 5.97 Å². The summed E-state index contributed by atoms with van der Waals surface area (Å²) in [5.41, 5.74) is 1.99. The van der Waals surface area contributed by atoms with Crippen molar-refractivity contribution in [2.75, 3.05) is 7.11 Å². The molecular formula is C22H16Cl2N2O3S. The van der Waals surface area contributed by atoms with E-state index < -0.39 is 12.0 Å². The molecule has 2 aromatic carbocycles. The lowest BCUT2D eigenvalue weighted by Crippen LogP contribution is -2.39. The van der Waals surface area contributed by atoms with Crippen LogP contribution in [0.1, 0.15) is 24.1 Å². The molecule has 0 aliphatic carbocycles. The number of hydrogen-bond donors (Lipinski definition) is 0. The smallest absolute Gasteiger partial charge is 0.338 e. The lowest BCUT2D eigenvalue weighted by molar-refractivity contribution is -0.136. The van der Waals surface area contributed by atoms with Gasteiger partial charge in [0.25, 0.3) is 5.56 Å². The number of esters is 1. The molecule has 2 heterocycles. The Morgan fingerprint density at radius 2 is 1.87 bits per heavy atom. The number of carbonyl (C=O) groups is 1. The minimum absolute atomic E-state index is 0.257. The summed E-state index contributed by atoms with van der Waals surface area (Å²) in [5, 5.41) is 1.07. The van der Waals surface area contributed by atoms with Crippen LogP contribution in [-0.2, 0) is 9.53 Å². The molecule has 0 bridgehead atoms. The highest BCUT2D eigenvalue weighted by atomic mass is 35.5. The lowest BCUT2D eigenvalue weighted by Gasteiger charge is -2.25. The van der Waals surface area contributed by atoms with Crippen LogP contribution in [0, 0.1) is 0 Å². The maximum atomic E-state index is 13.4. The number of benzene rings is 2. The molecule has 1 aromatic heterocycles. The number of thiazole rings is 1. The topological polar surface area (TPSA) is 60.7 Å². The average molecular weight is 459 g/mol. The number of carbonyl (C=O) groups excluding carboxylic acids is 1. The Morgan fingerprint density at radius 1 is 1.17 bits per heavy atom. The van der Waals surface area contributed by atoms with Gasteiger partial charge in [0.2, 0.25) is 0 Å². The molecule has 8 heteroatoms. The van der Waals surface area contributed by atoms with Crippen molar-refractivity contribution in [1.82, 2.24) is 4.57 Å². The highest BCUT2D eigenvalue weighted by Gasteiger charge is 2.34. The van der Waals surface area contributed by atoms with Crippen molar-refractivity contribution in [2.24, 2.45) is 4.99 Å². The van der Waals surface area contributed by atoms with Crippen molar-refractivity contribution in [2.45, 2.75) is 13.0 Å². The summed E-state index contributed by atoms with van der Waals surface area (Å²) in [6.45, 7) is 1.73. The van der Waals surface area contributed by atoms with E-state index in [1.54, 1.807) is 43.3 Å². The Balaban J connectivity index is 2.00. The fourth-order valence-corrected chi connectivity index (χ4v) is 4.81. The van der Waals surface area contributed by atoms with Gasteiger partial charge in [0, 0.05) is 10.0 Å². The number of rotatable bonds is 3. The van der Waals surface area contributed by atoms with E-state index in [2.05, 4.69) is 4.99 Å². The summed E-state index contributed by atoms with van der Waals surface area (Å²) in [6.07, 6.45) is 1.78. The van der Waals surface area contributed by atoms with Crippen LogP contribution < -0.4 is 14.9 Å². The monoisotopic (exact) mass is 458 g/mol. The van der Waals surface area contributed by atoms with Gasteiger partial charge in [0.05, 0.1) is 22.9 Å². The van der Waals surface area contributed by atoms with Crippen molar-refractivity contribution in [1.29, 1.82) is 0 Å². The summed E-state index contributed by atoms with van der Waals surface area (Å²) in [7, 11) is 1.30. The Kier molecular flexibility index (Phi) is 5.64. The van der Waals surface area contributed by atoms with E-state index in [1.165, 1.54) is 23.0 Å². The molecule has 1 aliphatic heterocycles. The number of halogens is 2. The zero-order valence-corrected chi connectivity index (χ0v) is 18.4. The maximum absolute atomic E-state index is 13.4. The molecule has 0 saturated heterocycles. The molecule has 5 nitrogen and oxygen atoms in total. The SMILES string of the molecule is COC(=O)C1=C(C)N=c2sc(=Cc3ccc(Cl)cc3)c(=O)n2C1c1ccccc1Cl. The quantitative estimate of drug-likeness (QED) is 0.561. The van der Waals surface area contributed by atoms with Gasteiger partial charge in [-0.3, -0.25) is 9.36 Å². The van der Waals surface area contributed by atoms with E-state index in [4.69, 9.17) is 27.9 Å². The Morgan fingerprint density at radius 3 is 2.53 bits per heavy atom. The van der Waals surface area contributed by atoms with Crippen LogP contribution in [-0.4, -0.2) is 17.6 Å². The van der Waals surface area contributed by atoms with Gasteiger partial charge in [-0.05, 0) is 42.3 Å².